The Kier molecular flexibility index (Phi) is 11.3. The van der Waals surface area contributed by atoms with Gasteiger partial charge < -0.3 is 9.26 Å². The van der Waals surface area contributed by atoms with Crippen LogP contribution < -0.4 is 10.9 Å². The number of aromatic nitrogens is 4. The van der Waals surface area contributed by atoms with Crippen molar-refractivity contribution in [2.75, 3.05) is 11.9 Å². The maximum Gasteiger partial charge on any atom is 0.280 e. The lowest BCUT2D eigenvalue weighted by atomic mass is 9.89. The number of hydrogen-bond donors (Lipinski definition) is 2. The molecule has 42 heavy (non-hydrogen) atoms. The van der Waals surface area contributed by atoms with Gasteiger partial charge in [0.15, 0.2) is 11.2 Å². The van der Waals surface area contributed by atoms with Crippen molar-refractivity contribution in [1.82, 2.24) is 24.2 Å². The van der Waals surface area contributed by atoms with Gasteiger partial charge in [-0.3, -0.25) is 29.1 Å². The van der Waals surface area contributed by atoms with Crippen molar-refractivity contribution in [1.29, 1.82) is 5.26 Å². The first-order valence-electron chi connectivity index (χ1n) is 14.3. The van der Waals surface area contributed by atoms with Gasteiger partial charge in [0, 0.05) is 37.0 Å². The zero-order valence-electron chi connectivity index (χ0n) is 25.5. The molecule has 0 spiro atoms. The van der Waals surface area contributed by atoms with Crippen LogP contribution in [0.15, 0.2) is 11.1 Å². The van der Waals surface area contributed by atoms with Gasteiger partial charge in [-0.2, -0.15) is 10.2 Å². The molecule has 12 heteroatoms. The van der Waals surface area contributed by atoms with E-state index in [0.717, 1.165) is 6.42 Å². The molecular weight excluding hydrogens is 553 g/mol. The summed E-state index contributed by atoms with van der Waals surface area (Å²) >= 11 is 0. The van der Waals surface area contributed by atoms with Crippen LogP contribution in [-0.2, 0) is 14.1 Å². The molecule has 3 heterocycles. The molecule has 0 bridgehead atoms. The van der Waals surface area contributed by atoms with Crippen LogP contribution in [0.2, 0.25) is 0 Å². The van der Waals surface area contributed by atoms with E-state index in [0.29, 0.717) is 18.5 Å². The molecule has 2 aromatic heterocycles. The van der Waals surface area contributed by atoms with Crippen molar-refractivity contribution < 1.29 is 14.1 Å². The average molecular weight is 596 g/mol. The summed E-state index contributed by atoms with van der Waals surface area (Å²) in [6.07, 6.45) is 13.7. The fourth-order valence-electron chi connectivity index (χ4n) is 5.13. The molecule has 0 saturated carbocycles. The summed E-state index contributed by atoms with van der Waals surface area (Å²) in [5.41, 5.74) is -0.866. The highest BCUT2D eigenvalue weighted by atomic mass is 31.2. The van der Waals surface area contributed by atoms with Gasteiger partial charge in [0.1, 0.15) is 14.5 Å². The Morgan fingerprint density at radius 3 is 2.60 bits per heavy atom. The minimum absolute atomic E-state index is 0.00756. The Labute approximate surface area is 249 Å². The molecular formula is C30H42N7O4P. The number of amides is 1. The molecule has 1 amide bonds. The number of rotatable bonds is 13. The lowest BCUT2D eigenvalue weighted by molar-refractivity contribution is -0.123. The second kappa shape index (κ2) is 14.3. The number of nitrogens with one attached hydrogen (secondary N) is 2. The lowest BCUT2D eigenvalue weighted by Gasteiger charge is -2.41. The number of carbonyl (C=O) groups is 1. The minimum Gasteiger partial charge on any atom is -0.354 e. The SMILES string of the molecule is C#CCC(C#N)COP(C1C[C@H](n2cnc3c(=O)[nH]c(NC(=O)C(C)(C)CC#C)nc32)O[C@@H]1CC)N(C(C)C)C(C)C. The van der Waals surface area contributed by atoms with Crippen LogP contribution in [0.4, 0.5) is 5.95 Å². The Morgan fingerprint density at radius 2 is 2.02 bits per heavy atom. The van der Waals surface area contributed by atoms with Crippen LogP contribution in [-0.4, -0.2) is 60.6 Å². The number of aromatic amines is 1. The monoisotopic (exact) mass is 595 g/mol. The van der Waals surface area contributed by atoms with E-state index in [2.05, 4.69) is 77.5 Å². The van der Waals surface area contributed by atoms with E-state index in [-0.39, 0.29) is 54.2 Å². The highest BCUT2D eigenvalue weighted by Gasteiger charge is 2.45. The summed E-state index contributed by atoms with van der Waals surface area (Å²) in [6, 6.07) is 2.65. The summed E-state index contributed by atoms with van der Waals surface area (Å²) in [5, 5.41) is 12.3. The third-order valence-electron chi connectivity index (χ3n) is 7.26. The quantitative estimate of drug-likeness (QED) is 0.249. The summed E-state index contributed by atoms with van der Waals surface area (Å²) in [6.45, 7) is 14.3. The van der Waals surface area contributed by atoms with Gasteiger partial charge in [-0.15, -0.1) is 24.7 Å². The first-order chi connectivity index (χ1) is 19.9. The third kappa shape index (κ3) is 7.38. The standard InChI is InChI=1S/C30H42N7O4P/c1-10-13-21(16-31)17-40-42(37(19(4)5)20(6)7)23-15-24(41-22(23)12-3)36-18-32-25-26(36)33-29(34-27(25)38)35-28(39)30(8,9)14-11-2/h1-2,18-24H,12-15,17H2,3-9H3,(H2,33,34,35,38,39)/t21?,22-,23?,24-,42?/m1/s1. The molecule has 0 radical (unpaired) electrons. The molecule has 2 N–H and O–H groups in total. The number of hydrogen-bond acceptors (Lipinski definition) is 8. The van der Waals surface area contributed by atoms with Gasteiger partial charge in [-0.25, -0.2) is 4.98 Å². The van der Waals surface area contributed by atoms with Crippen molar-refractivity contribution >= 4 is 31.3 Å². The van der Waals surface area contributed by atoms with Crippen LogP contribution in [0.25, 0.3) is 11.2 Å². The molecule has 5 atom stereocenters. The lowest BCUT2D eigenvalue weighted by Crippen LogP contribution is -2.38. The molecule has 3 rings (SSSR count). The normalized spacial score (nSPS) is 20.4. The number of carbonyl (C=O) groups excluding carboxylic acids is 1. The molecule has 1 aliphatic rings. The largest absolute Gasteiger partial charge is 0.354 e. The van der Waals surface area contributed by atoms with Crippen LogP contribution in [0.1, 0.15) is 80.4 Å². The van der Waals surface area contributed by atoms with E-state index in [1.807, 2.05) is 0 Å². The fourth-order valence-corrected chi connectivity index (χ4v) is 7.97. The summed E-state index contributed by atoms with van der Waals surface area (Å²) < 4.78 is 17.2. The number of anilines is 1. The molecule has 1 saturated heterocycles. The van der Waals surface area contributed by atoms with Crippen LogP contribution >= 0.6 is 8.30 Å². The Balaban J connectivity index is 1.96. The van der Waals surface area contributed by atoms with E-state index < -0.39 is 31.4 Å². The average Bonchev–Trinajstić information content (AvgIpc) is 3.54. The van der Waals surface area contributed by atoms with Gasteiger partial charge in [-0.1, -0.05) is 20.8 Å². The number of nitrogens with zero attached hydrogens (tertiary/aromatic N) is 5. The second-order valence-corrected chi connectivity index (χ2v) is 13.7. The van der Waals surface area contributed by atoms with Gasteiger partial charge in [0.25, 0.3) is 5.56 Å². The second-order valence-electron chi connectivity index (χ2n) is 11.7. The van der Waals surface area contributed by atoms with Gasteiger partial charge in [0.05, 0.1) is 36.4 Å². The van der Waals surface area contributed by atoms with E-state index >= 15 is 0 Å². The topological polar surface area (TPSA) is 138 Å². The number of terminal acetylenes is 2. The first-order valence-corrected chi connectivity index (χ1v) is 15.6. The van der Waals surface area contributed by atoms with E-state index in [4.69, 9.17) is 22.1 Å². The molecule has 0 aliphatic carbocycles. The van der Waals surface area contributed by atoms with Gasteiger partial charge in [0.2, 0.25) is 11.9 Å². The first kappa shape index (κ1) is 33.2. The van der Waals surface area contributed by atoms with Crippen molar-refractivity contribution in [2.45, 2.75) is 104 Å². The molecule has 11 nitrogen and oxygen atoms in total. The number of ether oxygens (including phenoxy) is 1. The molecule has 0 aromatic carbocycles. The van der Waals surface area contributed by atoms with Gasteiger partial charge in [-0.05, 0) is 34.1 Å². The number of fused-ring (bicyclic) bond motifs is 1. The number of imidazole rings is 1. The fraction of sp³-hybridized carbons (Fsp3) is 0.633. The molecule has 1 fully saturated rings. The number of nitriles is 1. The summed E-state index contributed by atoms with van der Waals surface area (Å²) in [5.74, 6) is 4.33. The van der Waals surface area contributed by atoms with Crippen LogP contribution in [0.3, 0.4) is 0 Å². The van der Waals surface area contributed by atoms with Crippen LogP contribution in [0.5, 0.6) is 0 Å². The minimum atomic E-state index is -1.19. The zero-order chi connectivity index (χ0) is 31.2. The van der Waals surface area contributed by atoms with Gasteiger partial charge >= 0.3 is 0 Å². The molecule has 2 aromatic rings. The summed E-state index contributed by atoms with van der Waals surface area (Å²) in [7, 11) is -1.19. The van der Waals surface area contributed by atoms with Crippen LogP contribution in [0, 0.1) is 47.4 Å². The smallest absolute Gasteiger partial charge is 0.280 e. The van der Waals surface area contributed by atoms with E-state index in [1.54, 1.807) is 24.7 Å². The molecule has 3 unspecified atom stereocenters. The van der Waals surface area contributed by atoms with Crippen molar-refractivity contribution in [2.24, 2.45) is 11.3 Å². The highest BCUT2D eigenvalue weighted by molar-refractivity contribution is 7.51. The molecule has 226 valence electrons. The Bertz CT molecular complexity index is 1420. The predicted molar refractivity (Wildman–Crippen MR) is 164 cm³/mol. The molecule has 1 aliphatic heterocycles. The highest BCUT2D eigenvalue weighted by Crippen LogP contribution is 2.57. The zero-order valence-corrected chi connectivity index (χ0v) is 26.4. The maximum absolute atomic E-state index is 12.9. The van der Waals surface area contributed by atoms with E-state index in [1.165, 1.54) is 0 Å². The number of H-pyrrole nitrogens is 1. The Hall–Kier alpha value is -3.26. The van der Waals surface area contributed by atoms with Crippen molar-refractivity contribution in [3.63, 3.8) is 0 Å². The van der Waals surface area contributed by atoms with Crippen molar-refractivity contribution in [3.8, 4) is 30.8 Å². The predicted octanol–water partition coefficient (Wildman–Crippen LogP) is 4.78. The summed E-state index contributed by atoms with van der Waals surface area (Å²) in [4.78, 5) is 37.2. The maximum atomic E-state index is 12.9. The third-order valence-corrected chi connectivity index (χ3v) is 10.2. The Morgan fingerprint density at radius 1 is 1.33 bits per heavy atom. The van der Waals surface area contributed by atoms with E-state index in [9.17, 15) is 14.9 Å². The van der Waals surface area contributed by atoms with Crippen molar-refractivity contribution in [3.05, 3.63) is 16.7 Å².